The molecule has 0 aliphatic heterocycles. The lowest BCUT2D eigenvalue weighted by Crippen LogP contribution is -2.11. The zero-order valence-electron chi connectivity index (χ0n) is 12.1. The Labute approximate surface area is 130 Å². The maximum Gasteiger partial charge on any atom is 0.0551 e. The van der Waals surface area contributed by atoms with Crippen molar-refractivity contribution in [2.45, 2.75) is 17.9 Å². The molecule has 1 atom stereocenters. The summed E-state index contributed by atoms with van der Waals surface area (Å²) in [5.74, 6) is 1.09. The quantitative estimate of drug-likeness (QED) is 0.685. The number of hydrogen-bond acceptors (Lipinski definition) is 2. The van der Waals surface area contributed by atoms with Gasteiger partial charge >= 0.3 is 0 Å². The first-order valence-electron chi connectivity index (χ1n) is 7.25. The summed E-state index contributed by atoms with van der Waals surface area (Å²) in [4.78, 5) is 1.30. The second-order valence-electron chi connectivity index (χ2n) is 5.09. The molecule has 1 nitrogen and oxygen atoms in total. The second-order valence-corrected chi connectivity index (χ2v) is 6.42. The van der Waals surface area contributed by atoms with Crippen LogP contribution in [0.5, 0.6) is 0 Å². The summed E-state index contributed by atoms with van der Waals surface area (Å²) in [6.07, 6.45) is 0. The van der Waals surface area contributed by atoms with E-state index >= 15 is 0 Å². The van der Waals surface area contributed by atoms with Crippen molar-refractivity contribution >= 4 is 22.5 Å². The molecule has 0 aromatic heterocycles. The monoisotopic (exact) mass is 293 g/mol. The Balaban J connectivity index is 1.90. The van der Waals surface area contributed by atoms with E-state index in [4.69, 9.17) is 5.73 Å². The van der Waals surface area contributed by atoms with Gasteiger partial charge in [0.2, 0.25) is 0 Å². The van der Waals surface area contributed by atoms with Crippen LogP contribution >= 0.6 is 11.8 Å². The van der Waals surface area contributed by atoms with Gasteiger partial charge in [0.15, 0.2) is 0 Å². The highest BCUT2D eigenvalue weighted by Crippen LogP contribution is 2.26. The number of hydrogen-bond donors (Lipinski definition) is 1. The zero-order chi connectivity index (χ0) is 14.7. The highest BCUT2D eigenvalue weighted by molar-refractivity contribution is 7.99. The van der Waals surface area contributed by atoms with Gasteiger partial charge in [-0.3, -0.25) is 0 Å². The van der Waals surface area contributed by atoms with Crippen molar-refractivity contribution in [1.29, 1.82) is 0 Å². The van der Waals surface area contributed by atoms with Crippen LogP contribution in [0.4, 0.5) is 0 Å². The number of benzene rings is 3. The Kier molecular flexibility index (Phi) is 4.28. The predicted octanol–water partition coefficient (Wildman–Crippen LogP) is 5.00. The van der Waals surface area contributed by atoms with Crippen LogP contribution in [0.15, 0.2) is 71.6 Å². The molecule has 0 amide bonds. The van der Waals surface area contributed by atoms with Crippen LogP contribution in [0, 0.1) is 0 Å². The van der Waals surface area contributed by atoms with Crippen molar-refractivity contribution in [2.24, 2.45) is 5.73 Å². The van der Waals surface area contributed by atoms with Crippen LogP contribution < -0.4 is 5.73 Å². The maximum absolute atomic E-state index is 6.42. The lowest BCUT2D eigenvalue weighted by atomic mass is 9.97. The first-order chi connectivity index (χ1) is 10.3. The van der Waals surface area contributed by atoms with E-state index in [0.29, 0.717) is 0 Å². The second kappa shape index (κ2) is 6.33. The van der Waals surface area contributed by atoms with Crippen LogP contribution in [-0.4, -0.2) is 5.75 Å². The molecule has 0 saturated heterocycles. The fourth-order valence-electron chi connectivity index (χ4n) is 2.53. The molecule has 2 N–H and O–H groups in total. The smallest absolute Gasteiger partial charge is 0.0551 e. The molecule has 0 aliphatic carbocycles. The van der Waals surface area contributed by atoms with Gasteiger partial charge in [0.1, 0.15) is 0 Å². The van der Waals surface area contributed by atoms with Crippen molar-refractivity contribution in [3.8, 4) is 0 Å². The lowest BCUT2D eigenvalue weighted by molar-refractivity contribution is 0.871. The SMILES string of the molecule is CCSc1ccc(C(N)c2ccc3ccccc3c2)cc1. The van der Waals surface area contributed by atoms with Crippen LogP contribution in [0.1, 0.15) is 24.1 Å². The molecule has 0 spiro atoms. The van der Waals surface area contributed by atoms with Crippen LogP contribution in [0.2, 0.25) is 0 Å². The lowest BCUT2D eigenvalue weighted by Gasteiger charge is -2.14. The zero-order valence-corrected chi connectivity index (χ0v) is 12.9. The van der Waals surface area contributed by atoms with Gasteiger partial charge in [-0.15, -0.1) is 11.8 Å². The summed E-state index contributed by atoms with van der Waals surface area (Å²) in [7, 11) is 0. The highest BCUT2D eigenvalue weighted by atomic mass is 32.2. The summed E-state index contributed by atoms with van der Waals surface area (Å²) in [6, 6.07) is 23.4. The molecule has 3 aromatic carbocycles. The number of fused-ring (bicyclic) bond motifs is 1. The minimum Gasteiger partial charge on any atom is -0.320 e. The third-order valence-electron chi connectivity index (χ3n) is 3.68. The van der Waals surface area contributed by atoms with Gasteiger partial charge in [-0.25, -0.2) is 0 Å². The van der Waals surface area contributed by atoms with Gasteiger partial charge in [0.05, 0.1) is 6.04 Å². The summed E-state index contributed by atoms with van der Waals surface area (Å²) in [6.45, 7) is 2.17. The van der Waals surface area contributed by atoms with Crippen molar-refractivity contribution in [2.75, 3.05) is 5.75 Å². The van der Waals surface area contributed by atoms with Crippen molar-refractivity contribution < 1.29 is 0 Å². The van der Waals surface area contributed by atoms with Crippen LogP contribution in [0.25, 0.3) is 10.8 Å². The first-order valence-corrected chi connectivity index (χ1v) is 8.23. The molecular formula is C19H19NS. The first kappa shape index (κ1) is 14.2. The van der Waals surface area contributed by atoms with Crippen molar-refractivity contribution in [3.63, 3.8) is 0 Å². The summed E-state index contributed by atoms with van der Waals surface area (Å²) in [5, 5.41) is 2.49. The van der Waals surface area contributed by atoms with E-state index in [0.717, 1.165) is 16.9 Å². The van der Waals surface area contributed by atoms with Crippen molar-refractivity contribution in [1.82, 2.24) is 0 Å². The minimum atomic E-state index is -0.0738. The molecule has 3 rings (SSSR count). The molecule has 0 saturated carbocycles. The van der Waals surface area contributed by atoms with Crippen molar-refractivity contribution in [3.05, 3.63) is 77.9 Å². The van der Waals surface area contributed by atoms with E-state index in [-0.39, 0.29) is 6.04 Å². The fourth-order valence-corrected chi connectivity index (χ4v) is 3.19. The molecule has 0 aliphatic rings. The highest BCUT2D eigenvalue weighted by Gasteiger charge is 2.09. The molecule has 3 aromatic rings. The Morgan fingerprint density at radius 3 is 2.24 bits per heavy atom. The van der Waals surface area contributed by atoms with Crippen LogP contribution in [0.3, 0.4) is 0 Å². The Hall–Kier alpha value is -1.77. The van der Waals surface area contributed by atoms with Gasteiger partial charge in [-0.05, 0) is 45.9 Å². The molecule has 0 radical (unpaired) electrons. The molecule has 21 heavy (non-hydrogen) atoms. The van der Waals surface area contributed by atoms with E-state index in [1.165, 1.54) is 15.7 Å². The molecule has 0 heterocycles. The summed E-state index contributed by atoms with van der Waals surface area (Å²) >= 11 is 1.85. The molecule has 106 valence electrons. The molecule has 0 fully saturated rings. The van der Waals surface area contributed by atoms with Gasteiger partial charge in [-0.1, -0.05) is 55.5 Å². The van der Waals surface area contributed by atoms with Crippen LogP contribution in [-0.2, 0) is 0 Å². The maximum atomic E-state index is 6.42. The predicted molar refractivity (Wildman–Crippen MR) is 92.8 cm³/mol. The number of rotatable bonds is 4. The van der Waals surface area contributed by atoms with E-state index in [1.807, 2.05) is 11.8 Å². The van der Waals surface area contributed by atoms with E-state index in [1.54, 1.807) is 0 Å². The van der Waals surface area contributed by atoms with Gasteiger partial charge < -0.3 is 5.73 Å². The van der Waals surface area contributed by atoms with E-state index < -0.39 is 0 Å². The Morgan fingerprint density at radius 2 is 1.52 bits per heavy atom. The van der Waals surface area contributed by atoms with E-state index in [9.17, 15) is 0 Å². The number of thioether (sulfide) groups is 1. The molecule has 1 unspecified atom stereocenters. The summed E-state index contributed by atoms with van der Waals surface area (Å²) in [5.41, 5.74) is 8.74. The minimum absolute atomic E-state index is 0.0738. The normalized spacial score (nSPS) is 12.5. The summed E-state index contributed by atoms with van der Waals surface area (Å²) < 4.78 is 0. The van der Waals surface area contributed by atoms with Gasteiger partial charge in [0, 0.05) is 4.90 Å². The molecular weight excluding hydrogens is 274 g/mol. The third-order valence-corrected chi connectivity index (χ3v) is 4.58. The van der Waals surface area contributed by atoms with E-state index in [2.05, 4.69) is 73.7 Å². The topological polar surface area (TPSA) is 26.0 Å². The average Bonchev–Trinajstić information content (AvgIpc) is 2.55. The molecule has 0 bridgehead atoms. The molecule has 2 heteroatoms. The fraction of sp³-hybridized carbons (Fsp3) is 0.158. The standard InChI is InChI=1S/C19H19NS/c1-2-21-18-11-9-15(10-12-18)19(20)17-8-7-14-5-3-4-6-16(14)13-17/h3-13,19H,2,20H2,1H3. The number of nitrogens with two attached hydrogens (primary N) is 1. The Bertz CT molecular complexity index is 734. The average molecular weight is 293 g/mol. The Morgan fingerprint density at radius 1 is 0.857 bits per heavy atom. The third kappa shape index (κ3) is 3.12. The van der Waals surface area contributed by atoms with Gasteiger partial charge in [0.25, 0.3) is 0 Å². The largest absolute Gasteiger partial charge is 0.320 e. The van der Waals surface area contributed by atoms with Gasteiger partial charge in [-0.2, -0.15) is 0 Å².